The smallest absolute Gasteiger partial charge is 0.0945 e. The van der Waals surface area contributed by atoms with Crippen LogP contribution in [0, 0.1) is 0 Å². The van der Waals surface area contributed by atoms with Gasteiger partial charge < -0.3 is 10.2 Å². The lowest BCUT2D eigenvalue weighted by Crippen LogP contribution is -2.22. The van der Waals surface area contributed by atoms with Crippen molar-refractivity contribution in [2.24, 2.45) is 0 Å². The summed E-state index contributed by atoms with van der Waals surface area (Å²) in [6, 6.07) is -0.0119. The largest absolute Gasteiger partial charge is 0.391 e. The van der Waals surface area contributed by atoms with Gasteiger partial charge in [0.15, 0.2) is 0 Å². The van der Waals surface area contributed by atoms with Crippen molar-refractivity contribution in [1.82, 2.24) is 15.0 Å². The van der Waals surface area contributed by atoms with Crippen molar-refractivity contribution >= 4 is 0 Å². The monoisotopic (exact) mass is 197 g/mol. The summed E-state index contributed by atoms with van der Waals surface area (Å²) in [5.74, 6) is 0. The minimum absolute atomic E-state index is 0.0119. The van der Waals surface area contributed by atoms with Crippen LogP contribution < -0.4 is 0 Å². The van der Waals surface area contributed by atoms with E-state index in [-0.39, 0.29) is 12.1 Å². The Kier molecular flexibility index (Phi) is 2.52. The summed E-state index contributed by atoms with van der Waals surface area (Å²) >= 11 is 0. The maximum Gasteiger partial charge on any atom is 0.0945 e. The molecule has 1 aromatic rings. The third-order valence-corrected chi connectivity index (χ3v) is 2.79. The molecule has 14 heavy (non-hydrogen) atoms. The van der Waals surface area contributed by atoms with Crippen molar-refractivity contribution in [2.45, 2.75) is 44.4 Å². The molecule has 0 spiro atoms. The molecule has 1 heterocycles. The average molecular weight is 197 g/mol. The van der Waals surface area contributed by atoms with Crippen LogP contribution in [-0.4, -0.2) is 31.3 Å². The van der Waals surface area contributed by atoms with Crippen LogP contribution in [0.3, 0.4) is 0 Å². The number of hydrogen-bond acceptors (Lipinski definition) is 4. The Bertz CT molecular complexity index is 311. The number of aliphatic hydroxyl groups is 2. The van der Waals surface area contributed by atoms with Gasteiger partial charge in [-0.2, -0.15) is 0 Å². The van der Waals surface area contributed by atoms with E-state index in [1.54, 1.807) is 17.8 Å². The summed E-state index contributed by atoms with van der Waals surface area (Å²) in [7, 11) is 0. The third-order valence-electron chi connectivity index (χ3n) is 2.79. The zero-order chi connectivity index (χ0) is 10.1. The molecule has 2 N–H and O–H groups in total. The van der Waals surface area contributed by atoms with Gasteiger partial charge in [0.25, 0.3) is 0 Å². The lowest BCUT2D eigenvalue weighted by molar-refractivity contribution is 0.118. The van der Waals surface area contributed by atoms with Crippen LogP contribution in [0.1, 0.15) is 44.0 Å². The molecule has 1 aromatic heterocycles. The molecule has 78 valence electrons. The first-order chi connectivity index (χ1) is 6.70. The minimum atomic E-state index is -0.585. The van der Waals surface area contributed by atoms with Gasteiger partial charge in [0, 0.05) is 0 Å². The molecular weight excluding hydrogens is 182 g/mol. The molecule has 2 rings (SSSR count). The molecule has 2 unspecified atom stereocenters. The van der Waals surface area contributed by atoms with Gasteiger partial charge in [0.2, 0.25) is 0 Å². The van der Waals surface area contributed by atoms with Gasteiger partial charge in [-0.1, -0.05) is 5.21 Å². The molecule has 1 aliphatic rings. The molecule has 0 aliphatic heterocycles. The quantitative estimate of drug-likeness (QED) is 0.720. The molecule has 1 saturated carbocycles. The first-order valence-corrected chi connectivity index (χ1v) is 4.96. The van der Waals surface area contributed by atoms with Crippen molar-refractivity contribution in [3.63, 3.8) is 0 Å². The van der Waals surface area contributed by atoms with Crippen LogP contribution >= 0.6 is 0 Å². The highest BCUT2D eigenvalue weighted by atomic mass is 16.3. The highest BCUT2D eigenvalue weighted by Crippen LogP contribution is 2.31. The van der Waals surface area contributed by atoms with E-state index in [1.165, 1.54) is 0 Å². The van der Waals surface area contributed by atoms with Gasteiger partial charge in [-0.25, -0.2) is 4.68 Å². The predicted molar refractivity (Wildman–Crippen MR) is 49.6 cm³/mol. The zero-order valence-corrected chi connectivity index (χ0v) is 8.17. The van der Waals surface area contributed by atoms with E-state index in [0.29, 0.717) is 5.69 Å². The van der Waals surface area contributed by atoms with Crippen molar-refractivity contribution in [3.8, 4) is 0 Å². The summed E-state index contributed by atoms with van der Waals surface area (Å²) in [6.07, 6.45) is 3.33. The molecule has 5 nitrogen and oxygen atoms in total. The van der Waals surface area contributed by atoms with Crippen LogP contribution in [0.5, 0.6) is 0 Å². The van der Waals surface area contributed by atoms with Gasteiger partial charge >= 0.3 is 0 Å². The number of nitrogens with zero attached hydrogens (tertiary/aromatic N) is 3. The normalized spacial score (nSPS) is 29.4. The van der Waals surface area contributed by atoms with Crippen LogP contribution in [0.25, 0.3) is 0 Å². The van der Waals surface area contributed by atoms with E-state index in [0.717, 1.165) is 19.3 Å². The van der Waals surface area contributed by atoms with E-state index in [9.17, 15) is 10.2 Å². The van der Waals surface area contributed by atoms with E-state index in [4.69, 9.17) is 0 Å². The molecule has 0 bridgehead atoms. The first-order valence-electron chi connectivity index (χ1n) is 4.96. The number of rotatable bonds is 2. The number of aromatic nitrogens is 3. The van der Waals surface area contributed by atoms with E-state index < -0.39 is 6.10 Å². The Labute approximate surface area is 82.4 Å². The van der Waals surface area contributed by atoms with Crippen molar-refractivity contribution in [3.05, 3.63) is 11.9 Å². The average Bonchev–Trinajstić information content (AvgIpc) is 2.70. The summed E-state index contributed by atoms with van der Waals surface area (Å²) in [5, 5.41) is 26.8. The zero-order valence-electron chi connectivity index (χ0n) is 8.17. The van der Waals surface area contributed by atoms with Crippen molar-refractivity contribution < 1.29 is 10.2 Å². The fourth-order valence-corrected chi connectivity index (χ4v) is 2.01. The fourth-order valence-electron chi connectivity index (χ4n) is 2.01. The summed E-state index contributed by atoms with van der Waals surface area (Å²) in [6.45, 7) is 1.68. The SMILES string of the molecule is C[C@H](O)c1cnnn1C1CCCC1O. The van der Waals surface area contributed by atoms with E-state index >= 15 is 0 Å². The molecule has 0 saturated heterocycles. The van der Waals surface area contributed by atoms with Crippen LogP contribution in [0.4, 0.5) is 0 Å². The molecule has 1 fully saturated rings. The molecular formula is C9H15N3O2. The van der Waals surface area contributed by atoms with E-state index in [1.807, 2.05) is 0 Å². The van der Waals surface area contributed by atoms with Crippen LogP contribution in [-0.2, 0) is 0 Å². The van der Waals surface area contributed by atoms with Gasteiger partial charge in [-0.15, -0.1) is 5.10 Å². The summed E-state index contributed by atoms with van der Waals surface area (Å²) in [4.78, 5) is 0. The van der Waals surface area contributed by atoms with Gasteiger partial charge in [0.05, 0.1) is 30.1 Å². The van der Waals surface area contributed by atoms with Crippen LogP contribution in [0.15, 0.2) is 6.20 Å². The Morgan fingerprint density at radius 2 is 2.36 bits per heavy atom. The topological polar surface area (TPSA) is 71.2 Å². The molecule has 0 aromatic carbocycles. The number of hydrogen-bond donors (Lipinski definition) is 2. The highest BCUT2D eigenvalue weighted by Gasteiger charge is 2.29. The molecule has 0 amide bonds. The molecule has 5 heteroatoms. The lowest BCUT2D eigenvalue weighted by Gasteiger charge is -2.17. The Morgan fingerprint density at radius 3 is 2.93 bits per heavy atom. The summed E-state index contributed by atoms with van der Waals surface area (Å²) in [5.41, 5.74) is 0.677. The Balaban J connectivity index is 2.26. The lowest BCUT2D eigenvalue weighted by atomic mass is 10.2. The maximum absolute atomic E-state index is 9.70. The number of aliphatic hydroxyl groups excluding tert-OH is 2. The van der Waals surface area contributed by atoms with Crippen LogP contribution in [0.2, 0.25) is 0 Å². The maximum atomic E-state index is 9.70. The first kappa shape index (κ1) is 9.61. The highest BCUT2D eigenvalue weighted by molar-refractivity contribution is 5.01. The molecule has 0 radical (unpaired) electrons. The van der Waals surface area contributed by atoms with Gasteiger partial charge in [-0.3, -0.25) is 0 Å². The molecule has 3 atom stereocenters. The van der Waals surface area contributed by atoms with E-state index in [2.05, 4.69) is 10.3 Å². The third kappa shape index (κ3) is 1.53. The summed E-state index contributed by atoms with van der Waals surface area (Å²) < 4.78 is 1.66. The second-order valence-electron chi connectivity index (χ2n) is 3.85. The van der Waals surface area contributed by atoms with Crippen molar-refractivity contribution in [1.29, 1.82) is 0 Å². The Hall–Kier alpha value is -0.940. The minimum Gasteiger partial charge on any atom is -0.391 e. The standard InChI is InChI=1S/C9H15N3O2/c1-6(13)8-5-10-11-12(8)7-3-2-4-9(7)14/h5-7,9,13-14H,2-4H2,1H3/t6-,7?,9?/m0/s1. The molecule has 1 aliphatic carbocycles. The second kappa shape index (κ2) is 3.67. The van der Waals surface area contributed by atoms with Gasteiger partial charge in [0.1, 0.15) is 0 Å². The van der Waals surface area contributed by atoms with Crippen molar-refractivity contribution in [2.75, 3.05) is 0 Å². The fraction of sp³-hybridized carbons (Fsp3) is 0.778. The second-order valence-corrected chi connectivity index (χ2v) is 3.85. The Morgan fingerprint density at radius 1 is 1.57 bits per heavy atom. The van der Waals surface area contributed by atoms with Gasteiger partial charge in [-0.05, 0) is 26.2 Å². The predicted octanol–water partition coefficient (Wildman–Crippen LogP) is 0.417.